The van der Waals surface area contributed by atoms with Gasteiger partial charge in [-0.05, 0) is 95.8 Å². The van der Waals surface area contributed by atoms with Crippen LogP contribution in [0.15, 0.2) is 36.7 Å². The van der Waals surface area contributed by atoms with Crippen molar-refractivity contribution in [2.45, 2.75) is 63.8 Å². The van der Waals surface area contributed by atoms with Gasteiger partial charge >= 0.3 is 6.18 Å². The Kier molecular flexibility index (Phi) is 8.17. The first-order valence-electron chi connectivity index (χ1n) is 14.0. The van der Waals surface area contributed by atoms with Crippen LogP contribution in [0.5, 0.6) is 0 Å². The molecule has 5 rings (SSSR count). The van der Waals surface area contributed by atoms with Crippen LogP contribution in [0.1, 0.15) is 73.6 Å². The number of likely N-dealkylation sites (tertiary alicyclic amines) is 1. The lowest BCUT2D eigenvalue weighted by Crippen LogP contribution is -2.37. The second-order valence-corrected chi connectivity index (χ2v) is 11.5. The largest absolute Gasteiger partial charge is 0.418 e. The minimum absolute atomic E-state index is 0.219. The molecule has 2 fully saturated rings. The molecule has 2 aliphatic rings. The summed E-state index contributed by atoms with van der Waals surface area (Å²) in [4.78, 5) is 19.2. The highest BCUT2D eigenvalue weighted by atomic mass is 19.4. The Morgan fingerprint density at radius 2 is 1.85 bits per heavy atom. The van der Waals surface area contributed by atoms with Gasteiger partial charge < -0.3 is 20.6 Å². The molecule has 4 heterocycles. The van der Waals surface area contributed by atoms with E-state index in [-0.39, 0.29) is 11.7 Å². The molecule has 0 saturated carbocycles. The number of carbonyl (C=O) groups is 1. The third-order valence-electron chi connectivity index (χ3n) is 8.14. The number of carbonyl (C=O) groups excluding carboxylic acids is 1. The number of nitrogens with zero attached hydrogens (tertiary/aromatic N) is 4. The van der Waals surface area contributed by atoms with Crippen LogP contribution in [0, 0.1) is 5.92 Å². The standard InChI is InChI=1S/C29H37F3N6O2/c1-28(2,40)23-17-24-20(16-25(23)35-27(39)26-22(29(30,31)32)4-3-10-34-26)18-38(36-24)21-8-14-37(15-9-21)13-7-19-5-11-33-12-6-19/h3-4,10,16-19,21,33,40H,5-9,11-15H2,1-2H3,(H,35,39). The van der Waals surface area contributed by atoms with E-state index in [0.717, 1.165) is 75.2 Å². The fourth-order valence-electron chi connectivity index (χ4n) is 5.83. The van der Waals surface area contributed by atoms with Crippen LogP contribution in [0.25, 0.3) is 10.9 Å². The smallest absolute Gasteiger partial charge is 0.386 e. The average molecular weight is 559 g/mol. The van der Waals surface area contributed by atoms with E-state index in [0.29, 0.717) is 11.1 Å². The van der Waals surface area contributed by atoms with Gasteiger partial charge in [0, 0.05) is 42.1 Å². The maximum atomic E-state index is 13.5. The number of pyridine rings is 1. The van der Waals surface area contributed by atoms with E-state index in [1.165, 1.54) is 19.3 Å². The molecular formula is C29H37F3N6O2. The summed E-state index contributed by atoms with van der Waals surface area (Å²) in [6.07, 6.45) is 4.05. The Labute approximate surface area is 232 Å². The number of alkyl halides is 3. The van der Waals surface area contributed by atoms with Crippen molar-refractivity contribution in [1.29, 1.82) is 0 Å². The zero-order valence-electron chi connectivity index (χ0n) is 23.0. The summed E-state index contributed by atoms with van der Waals surface area (Å²) in [7, 11) is 0. The Balaban J connectivity index is 1.32. The van der Waals surface area contributed by atoms with Crippen molar-refractivity contribution < 1.29 is 23.1 Å². The average Bonchev–Trinajstić information content (AvgIpc) is 3.34. The van der Waals surface area contributed by atoms with E-state index in [4.69, 9.17) is 5.10 Å². The molecule has 0 aliphatic carbocycles. The van der Waals surface area contributed by atoms with Gasteiger partial charge in [0.2, 0.25) is 0 Å². The lowest BCUT2D eigenvalue weighted by Gasteiger charge is -2.33. The molecule has 0 unspecified atom stereocenters. The predicted molar refractivity (Wildman–Crippen MR) is 147 cm³/mol. The van der Waals surface area contributed by atoms with Crippen molar-refractivity contribution in [1.82, 2.24) is 25.0 Å². The fourth-order valence-corrected chi connectivity index (χ4v) is 5.83. The van der Waals surface area contributed by atoms with Gasteiger partial charge in [0.25, 0.3) is 5.91 Å². The monoisotopic (exact) mass is 558 g/mol. The van der Waals surface area contributed by atoms with Gasteiger partial charge in [0.05, 0.1) is 22.7 Å². The van der Waals surface area contributed by atoms with Crippen LogP contribution in [-0.2, 0) is 11.8 Å². The molecular weight excluding hydrogens is 521 g/mol. The molecule has 216 valence electrons. The van der Waals surface area contributed by atoms with Crippen LogP contribution >= 0.6 is 0 Å². The number of halogens is 3. The minimum Gasteiger partial charge on any atom is -0.386 e. The SMILES string of the molecule is CC(C)(O)c1cc2nn(C3CCN(CCC4CCNCC4)CC3)cc2cc1NC(=O)c1ncccc1C(F)(F)F. The second kappa shape index (κ2) is 11.5. The van der Waals surface area contributed by atoms with E-state index >= 15 is 0 Å². The molecule has 3 aromatic rings. The maximum Gasteiger partial charge on any atom is 0.418 e. The molecule has 2 aliphatic heterocycles. The fraction of sp³-hybridized carbons (Fsp3) is 0.552. The first kappa shape index (κ1) is 28.5. The van der Waals surface area contributed by atoms with Crippen LogP contribution in [-0.4, -0.2) is 63.4 Å². The number of hydrogen-bond donors (Lipinski definition) is 3. The summed E-state index contributed by atoms with van der Waals surface area (Å²) in [6.45, 7) is 8.50. The summed E-state index contributed by atoms with van der Waals surface area (Å²) >= 11 is 0. The van der Waals surface area contributed by atoms with Crippen molar-refractivity contribution in [3.8, 4) is 0 Å². The third kappa shape index (κ3) is 6.47. The summed E-state index contributed by atoms with van der Waals surface area (Å²) in [5.74, 6) is -0.185. The lowest BCUT2D eigenvalue weighted by atomic mass is 9.94. The number of aromatic nitrogens is 3. The first-order chi connectivity index (χ1) is 19.0. The number of rotatable bonds is 7. The summed E-state index contributed by atoms with van der Waals surface area (Å²) in [5.41, 5.74) is -1.99. The quantitative estimate of drug-likeness (QED) is 0.380. The van der Waals surface area contributed by atoms with Gasteiger partial charge in [-0.3, -0.25) is 14.5 Å². The first-order valence-corrected chi connectivity index (χ1v) is 14.0. The number of benzene rings is 1. The van der Waals surface area contributed by atoms with Crippen LogP contribution in [0.3, 0.4) is 0 Å². The zero-order chi connectivity index (χ0) is 28.5. The molecule has 2 saturated heterocycles. The minimum atomic E-state index is -4.73. The van der Waals surface area contributed by atoms with Crippen molar-refractivity contribution in [2.24, 2.45) is 5.92 Å². The Morgan fingerprint density at radius 3 is 2.52 bits per heavy atom. The van der Waals surface area contributed by atoms with Crippen LogP contribution < -0.4 is 10.6 Å². The number of anilines is 1. The number of nitrogens with one attached hydrogen (secondary N) is 2. The lowest BCUT2D eigenvalue weighted by molar-refractivity contribution is -0.138. The molecule has 1 aromatic carbocycles. The summed E-state index contributed by atoms with van der Waals surface area (Å²) in [6, 6.07) is 5.55. The number of amides is 1. The van der Waals surface area contributed by atoms with Crippen molar-refractivity contribution in [3.05, 3.63) is 53.5 Å². The van der Waals surface area contributed by atoms with Gasteiger partial charge in [0.15, 0.2) is 0 Å². The zero-order valence-corrected chi connectivity index (χ0v) is 23.0. The summed E-state index contributed by atoms with van der Waals surface area (Å²) in [5, 5.41) is 22.3. The Morgan fingerprint density at radius 1 is 1.12 bits per heavy atom. The molecule has 0 bridgehead atoms. The number of piperidine rings is 2. The molecule has 1 amide bonds. The molecule has 11 heteroatoms. The predicted octanol–water partition coefficient (Wildman–Crippen LogP) is 4.96. The topological polar surface area (TPSA) is 95.3 Å². The van der Waals surface area contributed by atoms with E-state index in [1.807, 2.05) is 10.9 Å². The van der Waals surface area contributed by atoms with Gasteiger partial charge in [-0.1, -0.05) is 0 Å². The van der Waals surface area contributed by atoms with Gasteiger partial charge in [-0.2, -0.15) is 18.3 Å². The molecule has 8 nitrogen and oxygen atoms in total. The molecule has 2 aromatic heterocycles. The molecule has 0 atom stereocenters. The number of fused-ring (bicyclic) bond motifs is 1. The molecule has 3 N–H and O–H groups in total. The Bertz CT molecular complexity index is 1340. The van der Waals surface area contributed by atoms with E-state index in [2.05, 4.69) is 20.5 Å². The molecule has 0 spiro atoms. The van der Waals surface area contributed by atoms with Crippen LogP contribution in [0.2, 0.25) is 0 Å². The van der Waals surface area contributed by atoms with Crippen LogP contribution in [0.4, 0.5) is 18.9 Å². The highest BCUT2D eigenvalue weighted by molar-refractivity contribution is 6.05. The van der Waals surface area contributed by atoms with Crippen molar-refractivity contribution in [3.63, 3.8) is 0 Å². The van der Waals surface area contributed by atoms with E-state index in [1.54, 1.807) is 26.0 Å². The summed E-state index contributed by atoms with van der Waals surface area (Å²) < 4.78 is 42.4. The maximum absolute atomic E-state index is 13.5. The highest BCUT2D eigenvalue weighted by Gasteiger charge is 2.36. The second-order valence-electron chi connectivity index (χ2n) is 11.5. The third-order valence-corrected chi connectivity index (χ3v) is 8.14. The van der Waals surface area contributed by atoms with Crippen molar-refractivity contribution in [2.75, 3.05) is 38.0 Å². The van der Waals surface area contributed by atoms with Gasteiger partial charge in [-0.25, -0.2) is 0 Å². The number of hydrogen-bond acceptors (Lipinski definition) is 6. The number of aliphatic hydroxyl groups is 1. The Hall–Kier alpha value is -3.02. The highest BCUT2D eigenvalue weighted by Crippen LogP contribution is 2.35. The normalized spacial score (nSPS) is 18.4. The molecule has 0 radical (unpaired) electrons. The molecule has 40 heavy (non-hydrogen) atoms. The van der Waals surface area contributed by atoms with Crippen molar-refractivity contribution >= 4 is 22.5 Å². The van der Waals surface area contributed by atoms with Gasteiger partial charge in [-0.15, -0.1) is 0 Å². The van der Waals surface area contributed by atoms with Gasteiger partial charge in [0.1, 0.15) is 5.69 Å². The van der Waals surface area contributed by atoms with E-state index in [9.17, 15) is 23.1 Å². The van der Waals surface area contributed by atoms with E-state index < -0.39 is 28.9 Å².